The molecule has 0 fully saturated rings. The van der Waals surface area contributed by atoms with Crippen LogP contribution in [0.4, 0.5) is 0 Å². The lowest BCUT2D eigenvalue weighted by Gasteiger charge is -2.18. The van der Waals surface area contributed by atoms with E-state index in [2.05, 4.69) is 10.1 Å². The zero-order valence-corrected chi connectivity index (χ0v) is 15.3. The summed E-state index contributed by atoms with van der Waals surface area (Å²) in [6, 6.07) is 12.0. The monoisotopic (exact) mass is 391 g/mol. The molecule has 134 valence electrons. The summed E-state index contributed by atoms with van der Waals surface area (Å²) in [4.78, 5) is 5.97. The third-order valence-electron chi connectivity index (χ3n) is 3.53. The Morgan fingerprint density at radius 1 is 1.27 bits per heavy atom. The van der Waals surface area contributed by atoms with Crippen LogP contribution in [0.5, 0.6) is 11.6 Å². The number of furan rings is 1. The van der Waals surface area contributed by atoms with Gasteiger partial charge in [0.05, 0.1) is 17.8 Å². The van der Waals surface area contributed by atoms with Crippen LogP contribution in [-0.4, -0.2) is 28.0 Å². The van der Waals surface area contributed by atoms with Crippen LogP contribution in [0, 0.1) is 0 Å². The number of benzene rings is 1. The van der Waals surface area contributed by atoms with Crippen LogP contribution < -0.4 is 4.74 Å². The molecule has 2 aromatic heterocycles. The summed E-state index contributed by atoms with van der Waals surface area (Å²) in [5, 5.41) is 13.7. The number of pyridine rings is 1. The fraction of sp³-hybridized carbons (Fsp3) is 0.111. The van der Waals surface area contributed by atoms with Crippen molar-refractivity contribution in [2.24, 2.45) is 5.16 Å². The third-order valence-corrected chi connectivity index (χ3v) is 4.08. The van der Waals surface area contributed by atoms with E-state index in [1.54, 1.807) is 60.8 Å². The fourth-order valence-corrected chi connectivity index (χ4v) is 2.62. The van der Waals surface area contributed by atoms with Crippen molar-refractivity contribution in [2.75, 3.05) is 7.05 Å². The highest BCUT2D eigenvalue weighted by atomic mass is 35.5. The SMILES string of the molecule is CN(Cc1ccco1)/C(=N\O)c1ccc(Oc2cc(Cl)ccc2Cl)nc1. The molecule has 8 heteroatoms. The Morgan fingerprint density at radius 3 is 2.77 bits per heavy atom. The maximum absolute atomic E-state index is 9.37. The van der Waals surface area contributed by atoms with Gasteiger partial charge in [-0.05, 0) is 30.3 Å². The summed E-state index contributed by atoms with van der Waals surface area (Å²) in [7, 11) is 1.79. The molecule has 0 aliphatic carbocycles. The van der Waals surface area contributed by atoms with E-state index in [4.69, 9.17) is 32.4 Å². The number of halogens is 2. The number of hydrogen-bond acceptors (Lipinski definition) is 5. The maximum Gasteiger partial charge on any atom is 0.219 e. The van der Waals surface area contributed by atoms with Crippen molar-refractivity contribution in [2.45, 2.75) is 6.54 Å². The highest BCUT2D eigenvalue weighted by molar-refractivity contribution is 6.34. The van der Waals surface area contributed by atoms with E-state index in [0.717, 1.165) is 5.76 Å². The van der Waals surface area contributed by atoms with Crippen molar-refractivity contribution in [3.8, 4) is 11.6 Å². The number of amidine groups is 1. The molecule has 6 nitrogen and oxygen atoms in total. The first-order valence-electron chi connectivity index (χ1n) is 7.61. The second kappa shape index (κ2) is 8.12. The van der Waals surface area contributed by atoms with Crippen LogP contribution in [0.2, 0.25) is 10.0 Å². The first-order valence-corrected chi connectivity index (χ1v) is 8.37. The van der Waals surface area contributed by atoms with Crippen molar-refractivity contribution in [3.05, 3.63) is 76.3 Å². The molecule has 0 unspecified atom stereocenters. The highest BCUT2D eigenvalue weighted by Crippen LogP contribution is 2.31. The van der Waals surface area contributed by atoms with Gasteiger partial charge in [-0.25, -0.2) is 4.98 Å². The summed E-state index contributed by atoms with van der Waals surface area (Å²) in [5.41, 5.74) is 0.617. The zero-order chi connectivity index (χ0) is 18.5. The summed E-state index contributed by atoms with van der Waals surface area (Å²) >= 11 is 12.0. The Morgan fingerprint density at radius 2 is 2.12 bits per heavy atom. The lowest BCUT2D eigenvalue weighted by molar-refractivity contribution is 0.302. The molecular weight excluding hydrogens is 377 g/mol. The lowest BCUT2D eigenvalue weighted by atomic mass is 10.2. The van der Waals surface area contributed by atoms with Crippen LogP contribution in [-0.2, 0) is 6.54 Å². The summed E-state index contributed by atoms with van der Waals surface area (Å²) in [6.45, 7) is 0.447. The van der Waals surface area contributed by atoms with E-state index >= 15 is 0 Å². The maximum atomic E-state index is 9.37. The van der Waals surface area contributed by atoms with Gasteiger partial charge < -0.3 is 19.3 Å². The second-order valence-corrected chi connectivity index (χ2v) is 6.26. The Kier molecular flexibility index (Phi) is 5.65. The van der Waals surface area contributed by atoms with E-state index in [1.165, 1.54) is 0 Å². The number of ether oxygens (including phenoxy) is 1. The standard InChI is InChI=1S/C18H15Cl2N3O3/c1-23(11-14-3-2-8-25-14)18(22-24)12-4-7-17(21-10-12)26-16-9-13(19)5-6-15(16)20/h2-10,24H,11H2,1H3/b22-18-. The molecule has 0 bridgehead atoms. The normalized spacial score (nSPS) is 11.4. The fourth-order valence-electron chi connectivity index (χ4n) is 2.31. The predicted octanol–water partition coefficient (Wildman–Crippen LogP) is 5.04. The van der Waals surface area contributed by atoms with Gasteiger partial charge >= 0.3 is 0 Å². The first-order chi connectivity index (χ1) is 12.6. The Bertz CT molecular complexity index is 897. The van der Waals surface area contributed by atoms with Gasteiger partial charge in [0.1, 0.15) is 11.5 Å². The summed E-state index contributed by atoms with van der Waals surface area (Å²) in [5.74, 6) is 1.84. The smallest absolute Gasteiger partial charge is 0.219 e. The van der Waals surface area contributed by atoms with E-state index < -0.39 is 0 Å². The second-order valence-electron chi connectivity index (χ2n) is 5.42. The molecule has 0 atom stereocenters. The predicted molar refractivity (Wildman–Crippen MR) is 99.3 cm³/mol. The molecule has 1 N–H and O–H groups in total. The number of rotatable bonds is 5. The average molecular weight is 392 g/mol. The molecule has 0 saturated carbocycles. The molecule has 3 rings (SSSR count). The van der Waals surface area contributed by atoms with Crippen molar-refractivity contribution in [1.29, 1.82) is 0 Å². The molecule has 2 heterocycles. The molecule has 1 aromatic carbocycles. The van der Waals surface area contributed by atoms with E-state index in [0.29, 0.717) is 39.6 Å². The molecule has 0 radical (unpaired) electrons. The number of hydrogen-bond donors (Lipinski definition) is 1. The van der Waals surface area contributed by atoms with Crippen molar-refractivity contribution in [1.82, 2.24) is 9.88 Å². The zero-order valence-electron chi connectivity index (χ0n) is 13.8. The summed E-state index contributed by atoms with van der Waals surface area (Å²) in [6.07, 6.45) is 3.13. The van der Waals surface area contributed by atoms with Gasteiger partial charge in [-0.1, -0.05) is 28.4 Å². The third kappa shape index (κ3) is 4.28. The van der Waals surface area contributed by atoms with E-state index in [9.17, 15) is 5.21 Å². The number of oxime groups is 1. The van der Waals surface area contributed by atoms with Gasteiger partial charge in [-0.15, -0.1) is 0 Å². The minimum atomic E-state index is 0.337. The topological polar surface area (TPSA) is 71.1 Å². The number of aromatic nitrogens is 1. The molecule has 3 aromatic rings. The Hall–Kier alpha value is -2.70. The van der Waals surface area contributed by atoms with Gasteiger partial charge in [0.15, 0.2) is 5.84 Å². The largest absolute Gasteiger partial charge is 0.467 e. The van der Waals surface area contributed by atoms with E-state index in [1.807, 2.05) is 6.07 Å². The van der Waals surface area contributed by atoms with Gasteiger partial charge in [-0.2, -0.15) is 0 Å². The first kappa shape index (κ1) is 18.1. The van der Waals surface area contributed by atoms with Crippen LogP contribution in [0.1, 0.15) is 11.3 Å². The Labute approximate surface area is 160 Å². The van der Waals surface area contributed by atoms with Crippen LogP contribution in [0.25, 0.3) is 0 Å². The molecule has 26 heavy (non-hydrogen) atoms. The van der Waals surface area contributed by atoms with Gasteiger partial charge in [0, 0.05) is 36.0 Å². The molecule has 0 aliphatic rings. The van der Waals surface area contributed by atoms with Gasteiger partial charge in [0.25, 0.3) is 0 Å². The molecular formula is C18H15Cl2N3O3. The van der Waals surface area contributed by atoms with Crippen molar-refractivity contribution < 1.29 is 14.4 Å². The number of nitrogens with zero attached hydrogens (tertiary/aromatic N) is 3. The minimum absolute atomic E-state index is 0.337. The summed E-state index contributed by atoms with van der Waals surface area (Å²) < 4.78 is 10.9. The molecule has 0 amide bonds. The highest BCUT2D eigenvalue weighted by Gasteiger charge is 2.13. The average Bonchev–Trinajstić information content (AvgIpc) is 3.13. The Balaban J connectivity index is 1.74. The van der Waals surface area contributed by atoms with Crippen LogP contribution in [0.3, 0.4) is 0 Å². The van der Waals surface area contributed by atoms with Crippen LogP contribution in [0.15, 0.2) is 64.5 Å². The van der Waals surface area contributed by atoms with Crippen molar-refractivity contribution >= 4 is 29.0 Å². The molecule has 0 saturated heterocycles. The quantitative estimate of drug-likeness (QED) is 0.285. The molecule has 0 aliphatic heterocycles. The van der Waals surface area contributed by atoms with Gasteiger partial charge in [0.2, 0.25) is 5.88 Å². The minimum Gasteiger partial charge on any atom is -0.467 e. The lowest BCUT2D eigenvalue weighted by Crippen LogP contribution is -2.27. The molecule has 0 spiro atoms. The van der Waals surface area contributed by atoms with Crippen LogP contribution >= 0.6 is 23.2 Å². The van der Waals surface area contributed by atoms with Crippen molar-refractivity contribution in [3.63, 3.8) is 0 Å². The van der Waals surface area contributed by atoms with Gasteiger partial charge in [-0.3, -0.25) is 0 Å². The van der Waals surface area contributed by atoms with E-state index in [-0.39, 0.29) is 0 Å².